The molecule has 2 unspecified atom stereocenters. The van der Waals surface area contributed by atoms with Gasteiger partial charge in [-0.15, -0.1) is 0 Å². The average molecular weight is 646 g/mol. The number of aliphatic hydroxyl groups excluding tert-OH is 2. The predicted octanol–water partition coefficient (Wildman–Crippen LogP) is 0.648. The van der Waals surface area contributed by atoms with Gasteiger partial charge in [0.25, 0.3) is 0 Å². The quantitative estimate of drug-likeness (QED) is 0.323. The number of methoxy groups -OCH3 is 4. The predicted molar refractivity (Wildman–Crippen MR) is 160 cm³/mol. The third kappa shape index (κ3) is 3.62. The lowest BCUT2D eigenvalue weighted by Gasteiger charge is -2.70. The Kier molecular flexibility index (Phi) is 7.69. The van der Waals surface area contributed by atoms with Crippen molar-refractivity contribution in [1.82, 2.24) is 4.90 Å². The zero-order chi connectivity index (χ0) is 33.0. The number of aliphatic hydroxyl groups is 3. The van der Waals surface area contributed by atoms with E-state index in [0.717, 1.165) is 0 Å². The molecule has 46 heavy (non-hydrogen) atoms. The van der Waals surface area contributed by atoms with Gasteiger partial charge in [-0.05, 0) is 31.0 Å². The molecule has 254 valence electrons. The molecule has 6 aliphatic rings. The number of nitrogens with zero attached hydrogens (tertiary/aromatic N) is 1. The lowest BCUT2D eigenvalue weighted by molar-refractivity contribution is -0.322. The Hall–Kier alpha value is -2.16. The van der Waals surface area contributed by atoms with Gasteiger partial charge >= 0.3 is 11.9 Å². The second-order valence-corrected chi connectivity index (χ2v) is 14.4. The first-order chi connectivity index (χ1) is 22.0. The monoisotopic (exact) mass is 645 g/mol. The van der Waals surface area contributed by atoms with E-state index in [0.29, 0.717) is 25.1 Å². The van der Waals surface area contributed by atoms with Crippen LogP contribution in [0.15, 0.2) is 30.3 Å². The maximum atomic E-state index is 13.8. The number of carbonyl (C=O) groups is 2. The summed E-state index contributed by atoms with van der Waals surface area (Å²) in [6.07, 6.45) is -5.49. The molecular formula is C34H47NO11. The number of rotatable bonds is 9. The SMILES string of the molecule is CCN1C[C@]2(COC)[C@H](O)C[C@H](OC)C34[C@@H]5C[C@@]6(O)[C@H](OC(=O)c7ccccc7)C5[C@](OC(C)=O)([C@@H]([C@@H](OC)[C@H]32)[C@@H]14)[C@@H](O)[C@@H]6OC. The Balaban J connectivity index is 1.53. The molecule has 0 aromatic heterocycles. The first kappa shape index (κ1) is 32.4. The Bertz CT molecular complexity index is 1360. The van der Waals surface area contributed by atoms with Crippen LogP contribution in [0.3, 0.4) is 0 Å². The molecule has 5 saturated carbocycles. The van der Waals surface area contributed by atoms with Crippen LogP contribution < -0.4 is 0 Å². The summed E-state index contributed by atoms with van der Waals surface area (Å²) in [6.45, 7) is 4.68. The zero-order valence-corrected chi connectivity index (χ0v) is 27.3. The number of benzene rings is 1. The van der Waals surface area contributed by atoms with Crippen LogP contribution in [0.1, 0.15) is 37.0 Å². The Morgan fingerprint density at radius 1 is 1.00 bits per heavy atom. The molecule has 6 fully saturated rings. The van der Waals surface area contributed by atoms with Crippen molar-refractivity contribution in [2.45, 2.75) is 80.6 Å². The van der Waals surface area contributed by atoms with E-state index in [9.17, 15) is 24.9 Å². The summed E-state index contributed by atoms with van der Waals surface area (Å²) in [5.41, 5.74) is -4.79. The van der Waals surface area contributed by atoms with Crippen LogP contribution in [0.25, 0.3) is 0 Å². The molecule has 1 aromatic rings. The molecule has 0 radical (unpaired) electrons. The minimum Gasteiger partial charge on any atom is -0.455 e. The van der Waals surface area contributed by atoms with Gasteiger partial charge in [0.2, 0.25) is 0 Å². The molecule has 5 aliphatic carbocycles. The van der Waals surface area contributed by atoms with E-state index < -0.39 is 88.3 Å². The summed E-state index contributed by atoms with van der Waals surface area (Å²) in [4.78, 5) is 29.3. The minimum absolute atomic E-state index is 0.0791. The number of hydrogen-bond acceptors (Lipinski definition) is 12. The van der Waals surface area contributed by atoms with E-state index in [1.54, 1.807) is 51.7 Å². The van der Waals surface area contributed by atoms with Crippen LogP contribution in [-0.2, 0) is 33.2 Å². The van der Waals surface area contributed by atoms with Gasteiger partial charge in [0, 0.05) is 83.0 Å². The second-order valence-electron chi connectivity index (χ2n) is 14.4. The van der Waals surface area contributed by atoms with Crippen molar-refractivity contribution in [1.29, 1.82) is 0 Å². The number of esters is 2. The molecule has 3 N–H and O–H groups in total. The second kappa shape index (κ2) is 10.9. The van der Waals surface area contributed by atoms with Gasteiger partial charge < -0.3 is 43.7 Å². The smallest absolute Gasteiger partial charge is 0.338 e. The highest BCUT2D eigenvalue weighted by atomic mass is 16.6. The fraction of sp³-hybridized carbons (Fsp3) is 0.765. The van der Waals surface area contributed by atoms with E-state index in [-0.39, 0.29) is 25.0 Å². The van der Waals surface area contributed by atoms with E-state index in [4.69, 9.17) is 28.4 Å². The van der Waals surface area contributed by atoms with Crippen LogP contribution in [0.5, 0.6) is 0 Å². The average Bonchev–Trinajstić information content (AvgIpc) is 3.41. The standard InChI is InChI=1S/C34H47NO11/c1-7-35-15-31(16-41-3)20(37)13-21(42-4)33-19-14-32(40)28(45-30(39)18-11-9-8-10-12-18)22(19)34(46-17(2)36,27(38)29(32)44-6)23(26(33)35)24(43-5)25(31)33/h8-12,19-29,37-38,40H,7,13-16H2,1-6H3/t19-,20-,21+,22?,23+,24-,25+,26-,27+,28-,29+,31+,32-,33?,34+/m1/s1. The van der Waals surface area contributed by atoms with Crippen molar-refractivity contribution < 1.29 is 53.3 Å². The highest BCUT2D eigenvalue weighted by molar-refractivity contribution is 5.89. The summed E-state index contributed by atoms with van der Waals surface area (Å²) >= 11 is 0. The van der Waals surface area contributed by atoms with Crippen molar-refractivity contribution in [3.05, 3.63) is 35.9 Å². The maximum absolute atomic E-state index is 13.8. The Morgan fingerprint density at radius 3 is 2.30 bits per heavy atom. The third-order valence-corrected chi connectivity index (χ3v) is 13.2. The zero-order valence-electron chi connectivity index (χ0n) is 27.3. The van der Waals surface area contributed by atoms with Crippen molar-refractivity contribution in [2.24, 2.45) is 34.5 Å². The number of hydrogen-bond donors (Lipinski definition) is 3. The van der Waals surface area contributed by atoms with Crippen molar-refractivity contribution in [3.8, 4) is 0 Å². The van der Waals surface area contributed by atoms with Crippen molar-refractivity contribution >= 4 is 11.9 Å². The highest BCUT2D eigenvalue weighted by Gasteiger charge is 2.92. The van der Waals surface area contributed by atoms with Gasteiger partial charge in [-0.3, -0.25) is 9.69 Å². The van der Waals surface area contributed by atoms with E-state index in [1.807, 2.05) is 6.92 Å². The first-order valence-electron chi connectivity index (χ1n) is 16.3. The molecule has 1 aliphatic heterocycles. The summed E-state index contributed by atoms with van der Waals surface area (Å²) in [5.74, 6) is -3.65. The Morgan fingerprint density at radius 2 is 1.72 bits per heavy atom. The summed E-state index contributed by atoms with van der Waals surface area (Å²) < 4.78 is 37.4. The van der Waals surface area contributed by atoms with Crippen molar-refractivity contribution in [2.75, 3.05) is 48.1 Å². The minimum atomic E-state index is -1.83. The van der Waals surface area contributed by atoms with Crippen LogP contribution in [-0.4, -0.2) is 134 Å². The van der Waals surface area contributed by atoms with Crippen LogP contribution in [0.4, 0.5) is 0 Å². The number of likely N-dealkylation sites (tertiary alicyclic amines) is 1. The normalized spacial score (nSPS) is 49.9. The molecule has 7 rings (SSSR count). The number of ether oxygens (including phenoxy) is 6. The largest absolute Gasteiger partial charge is 0.455 e. The molecule has 12 nitrogen and oxygen atoms in total. The number of piperidine rings is 1. The lowest BCUT2D eigenvalue weighted by Crippen LogP contribution is -2.81. The molecule has 1 saturated heterocycles. The molecule has 7 bridgehead atoms. The first-order valence-corrected chi connectivity index (χ1v) is 16.3. The Labute approximate surface area is 269 Å². The van der Waals surface area contributed by atoms with Gasteiger partial charge in [-0.25, -0.2) is 4.79 Å². The van der Waals surface area contributed by atoms with Gasteiger partial charge in [-0.2, -0.15) is 0 Å². The lowest BCUT2D eigenvalue weighted by atomic mass is 9.42. The molecule has 15 atom stereocenters. The van der Waals surface area contributed by atoms with Gasteiger partial charge in [0.15, 0.2) is 5.60 Å². The van der Waals surface area contributed by atoms with Gasteiger partial charge in [0.05, 0.1) is 30.5 Å². The number of fused-ring (bicyclic) bond motifs is 2. The van der Waals surface area contributed by atoms with E-state index >= 15 is 0 Å². The molecule has 12 heteroatoms. The highest BCUT2D eigenvalue weighted by Crippen LogP contribution is 2.80. The third-order valence-electron chi connectivity index (χ3n) is 13.2. The summed E-state index contributed by atoms with van der Waals surface area (Å²) in [7, 11) is 6.27. The molecule has 1 spiro atoms. The molecular weight excluding hydrogens is 598 g/mol. The van der Waals surface area contributed by atoms with Gasteiger partial charge in [0.1, 0.15) is 23.9 Å². The van der Waals surface area contributed by atoms with Gasteiger partial charge in [-0.1, -0.05) is 25.1 Å². The van der Waals surface area contributed by atoms with Crippen LogP contribution in [0.2, 0.25) is 0 Å². The summed E-state index contributed by atoms with van der Waals surface area (Å²) in [5, 5.41) is 37.3. The van der Waals surface area contributed by atoms with Crippen LogP contribution in [0, 0.1) is 34.5 Å². The molecule has 1 heterocycles. The maximum Gasteiger partial charge on any atom is 0.338 e. The summed E-state index contributed by atoms with van der Waals surface area (Å²) in [6, 6.07) is 8.18. The van der Waals surface area contributed by atoms with E-state index in [2.05, 4.69) is 4.90 Å². The fourth-order valence-electron chi connectivity index (χ4n) is 12.3. The van der Waals surface area contributed by atoms with Crippen molar-refractivity contribution in [3.63, 3.8) is 0 Å². The molecule has 0 amide bonds. The topological polar surface area (TPSA) is 153 Å². The van der Waals surface area contributed by atoms with Crippen LogP contribution >= 0.6 is 0 Å². The number of carbonyl (C=O) groups excluding carboxylic acids is 2. The van der Waals surface area contributed by atoms with E-state index in [1.165, 1.54) is 14.0 Å². The fourth-order valence-corrected chi connectivity index (χ4v) is 12.3. The molecule has 1 aromatic carbocycles.